The Morgan fingerprint density at radius 1 is 1.30 bits per heavy atom. The van der Waals surface area contributed by atoms with Crippen LogP contribution in [0, 0.1) is 5.82 Å². The summed E-state index contributed by atoms with van der Waals surface area (Å²) in [5, 5.41) is 3.10. The molecule has 158 valence electrons. The summed E-state index contributed by atoms with van der Waals surface area (Å²) >= 11 is 4.85. The van der Waals surface area contributed by atoms with Crippen molar-refractivity contribution in [3.63, 3.8) is 0 Å². The fourth-order valence-electron chi connectivity index (χ4n) is 3.41. The number of carbonyl (C=O) groups is 1. The number of thioether (sulfide) groups is 1. The van der Waals surface area contributed by atoms with Crippen LogP contribution < -0.4 is 14.8 Å². The van der Waals surface area contributed by atoms with Gasteiger partial charge in [0.1, 0.15) is 22.6 Å². The van der Waals surface area contributed by atoms with E-state index in [2.05, 4.69) is 21.2 Å². The smallest absolute Gasteiger partial charge is 0.413 e. The summed E-state index contributed by atoms with van der Waals surface area (Å²) in [7, 11) is 1.48. The summed E-state index contributed by atoms with van der Waals surface area (Å²) in [5.41, 5.74) is -0.272. The highest BCUT2D eigenvalue weighted by Crippen LogP contribution is 2.55. The lowest BCUT2D eigenvalue weighted by atomic mass is 9.82. The van der Waals surface area contributed by atoms with Gasteiger partial charge in [0.05, 0.1) is 7.11 Å². The second kappa shape index (κ2) is 7.46. The second-order valence-electron chi connectivity index (χ2n) is 7.92. The molecular formula is C21H20BrFN2O4S. The van der Waals surface area contributed by atoms with Gasteiger partial charge in [0.15, 0.2) is 16.7 Å². The molecule has 4 rings (SSSR count). The first-order chi connectivity index (χ1) is 14.1. The van der Waals surface area contributed by atoms with E-state index in [-0.39, 0.29) is 5.75 Å². The van der Waals surface area contributed by atoms with Crippen LogP contribution in [-0.2, 0) is 10.3 Å². The monoisotopic (exact) mass is 494 g/mol. The molecule has 1 N–H and O–H groups in total. The number of hydrogen-bond acceptors (Lipinski definition) is 6. The Hall–Kier alpha value is -2.26. The first-order valence-corrected chi connectivity index (χ1v) is 11.0. The number of halogens is 2. The van der Waals surface area contributed by atoms with Crippen molar-refractivity contribution in [3.05, 3.63) is 51.7 Å². The van der Waals surface area contributed by atoms with Crippen LogP contribution in [0.5, 0.6) is 17.2 Å². The number of ether oxygens (including phenoxy) is 3. The number of rotatable bonds is 1. The molecule has 2 aromatic carbocycles. The Morgan fingerprint density at radius 3 is 2.77 bits per heavy atom. The van der Waals surface area contributed by atoms with Crippen molar-refractivity contribution in [1.29, 1.82) is 0 Å². The van der Waals surface area contributed by atoms with E-state index in [1.807, 2.05) is 12.1 Å². The molecule has 0 aliphatic carbocycles. The largest absolute Gasteiger partial charge is 0.497 e. The molecular weight excluding hydrogens is 475 g/mol. The van der Waals surface area contributed by atoms with E-state index in [0.29, 0.717) is 28.0 Å². The molecule has 0 unspecified atom stereocenters. The molecule has 1 amide bonds. The van der Waals surface area contributed by atoms with E-state index in [4.69, 9.17) is 19.2 Å². The lowest BCUT2D eigenvalue weighted by Gasteiger charge is -2.34. The number of benzene rings is 2. The van der Waals surface area contributed by atoms with E-state index in [9.17, 15) is 9.18 Å². The molecule has 1 atom stereocenters. The van der Waals surface area contributed by atoms with E-state index < -0.39 is 23.1 Å². The standard InChI is InChI=1S/C21H20BrFN2O4S/c1-20(2,3)29-19(26)24-18-25-21(10-30-18)13-7-11(22)5-6-16(13)28-17-14(21)8-12(27-4)9-15(17)23/h5-9H,10H2,1-4H3,(H,24,25,26)/t21-/m0/s1. The minimum atomic E-state index is -0.947. The van der Waals surface area contributed by atoms with Crippen LogP contribution >= 0.6 is 27.7 Å². The molecule has 0 fully saturated rings. The molecule has 2 aliphatic rings. The molecule has 6 nitrogen and oxygen atoms in total. The van der Waals surface area contributed by atoms with Gasteiger partial charge in [-0.25, -0.2) is 14.2 Å². The van der Waals surface area contributed by atoms with Crippen molar-refractivity contribution >= 4 is 39.0 Å². The Kier molecular flexibility index (Phi) is 5.22. The average Bonchev–Trinajstić information content (AvgIpc) is 3.06. The molecule has 0 saturated heterocycles. The Bertz CT molecular complexity index is 1070. The zero-order chi connectivity index (χ0) is 21.7. The quantitative estimate of drug-likeness (QED) is 0.560. The molecule has 30 heavy (non-hydrogen) atoms. The van der Waals surface area contributed by atoms with Gasteiger partial charge in [0.2, 0.25) is 0 Å². The fraction of sp³-hybridized carbons (Fsp3) is 0.333. The fourth-order valence-corrected chi connectivity index (χ4v) is 4.87. The third-order valence-electron chi connectivity index (χ3n) is 4.62. The number of nitrogens with zero attached hydrogens (tertiary/aromatic N) is 1. The first-order valence-electron chi connectivity index (χ1n) is 9.20. The van der Waals surface area contributed by atoms with Crippen LogP contribution in [0.3, 0.4) is 0 Å². The number of amides is 1. The highest BCUT2D eigenvalue weighted by molar-refractivity contribution is 9.10. The van der Waals surface area contributed by atoms with Crippen LogP contribution in [0.25, 0.3) is 0 Å². The molecule has 9 heteroatoms. The highest BCUT2D eigenvalue weighted by atomic mass is 79.9. The van der Waals surface area contributed by atoms with Gasteiger partial charge in [0.25, 0.3) is 0 Å². The summed E-state index contributed by atoms with van der Waals surface area (Å²) in [6.07, 6.45) is -0.593. The number of alkyl carbamates (subject to hydrolysis) is 1. The normalized spacial score (nSPS) is 19.5. The lowest BCUT2D eigenvalue weighted by molar-refractivity contribution is 0.0564. The van der Waals surface area contributed by atoms with E-state index in [1.165, 1.54) is 24.9 Å². The summed E-state index contributed by atoms with van der Waals surface area (Å²) in [4.78, 5) is 17.1. The van der Waals surface area contributed by atoms with Crippen molar-refractivity contribution in [2.75, 3.05) is 12.9 Å². The topological polar surface area (TPSA) is 69.2 Å². The van der Waals surface area contributed by atoms with Gasteiger partial charge >= 0.3 is 6.09 Å². The zero-order valence-electron chi connectivity index (χ0n) is 16.8. The SMILES string of the molecule is COc1cc(F)c2c(c1)[C@]1(CSC(NC(=O)OC(C)(C)C)=N1)c1cc(Br)ccc1O2. The van der Waals surface area contributed by atoms with Crippen LogP contribution in [0.2, 0.25) is 0 Å². The maximum atomic E-state index is 14.9. The maximum Gasteiger partial charge on any atom is 0.413 e. The van der Waals surface area contributed by atoms with Crippen LogP contribution in [0.15, 0.2) is 39.8 Å². The van der Waals surface area contributed by atoms with Crippen LogP contribution in [0.1, 0.15) is 31.9 Å². The molecule has 0 aromatic heterocycles. The van der Waals surface area contributed by atoms with E-state index >= 15 is 0 Å². The predicted octanol–water partition coefficient (Wildman–Crippen LogP) is 5.57. The summed E-state index contributed by atoms with van der Waals surface area (Å²) in [5.74, 6) is 0.892. The number of amidine groups is 1. The van der Waals surface area contributed by atoms with Crippen LogP contribution in [-0.4, -0.2) is 29.7 Å². The van der Waals surface area contributed by atoms with Gasteiger partial charge in [-0.3, -0.25) is 5.32 Å². The van der Waals surface area contributed by atoms with Crippen molar-refractivity contribution in [3.8, 4) is 17.2 Å². The van der Waals surface area contributed by atoms with Crippen molar-refractivity contribution in [2.45, 2.75) is 31.9 Å². The third kappa shape index (κ3) is 3.76. The summed E-state index contributed by atoms with van der Waals surface area (Å²) in [6.45, 7) is 5.36. The Labute approximate surface area is 186 Å². The molecule has 0 radical (unpaired) electrons. The van der Waals surface area contributed by atoms with Crippen LogP contribution in [0.4, 0.5) is 9.18 Å². The number of aliphatic imine (C=N–C) groups is 1. The average molecular weight is 495 g/mol. The Balaban J connectivity index is 1.83. The second-order valence-corrected chi connectivity index (χ2v) is 9.80. The predicted molar refractivity (Wildman–Crippen MR) is 117 cm³/mol. The molecule has 2 heterocycles. The van der Waals surface area contributed by atoms with Gasteiger partial charge in [0, 0.05) is 27.4 Å². The minimum absolute atomic E-state index is 0.105. The number of fused-ring (bicyclic) bond motifs is 4. The molecule has 2 aliphatic heterocycles. The Morgan fingerprint density at radius 2 is 2.07 bits per heavy atom. The van der Waals surface area contributed by atoms with Gasteiger partial charge < -0.3 is 14.2 Å². The van der Waals surface area contributed by atoms with Crippen molar-refractivity contribution in [1.82, 2.24) is 5.32 Å². The van der Waals surface area contributed by atoms with Crippen molar-refractivity contribution < 1.29 is 23.4 Å². The summed E-state index contributed by atoms with van der Waals surface area (Å²) < 4.78 is 32.2. The number of nitrogens with one attached hydrogen (secondary N) is 1. The number of carbonyl (C=O) groups excluding carboxylic acids is 1. The highest BCUT2D eigenvalue weighted by Gasteiger charge is 2.47. The minimum Gasteiger partial charge on any atom is -0.497 e. The van der Waals surface area contributed by atoms with E-state index in [0.717, 1.165) is 10.0 Å². The van der Waals surface area contributed by atoms with Gasteiger partial charge in [-0.05, 0) is 45.0 Å². The summed E-state index contributed by atoms with van der Waals surface area (Å²) in [6, 6.07) is 8.50. The van der Waals surface area contributed by atoms with Crippen molar-refractivity contribution in [2.24, 2.45) is 4.99 Å². The zero-order valence-corrected chi connectivity index (χ0v) is 19.2. The molecule has 1 spiro atoms. The maximum absolute atomic E-state index is 14.9. The van der Waals surface area contributed by atoms with E-state index in [1.54, 1.807) is 32.9 Å². The molecule has 2 aromatic rings. The first kappa shape index (κ1) is 21.0. The van der Waals surface area contributed by atoms with Gasteiger partial charge in [-0.2, -0.15) is 0 Å². The molecule has 0 saturated carbocycles. The van der Waals surface area contributed by atoms with Gasteiger partial charge in [-0.15, -0.1) is 0 Å². The number of methoxy groups -OCH3 is 1. The number of hydrogen-bond donors (Lipinski definition) is 1. The third-order valence-corrected chi connectivity index (χ3v) is 6.14. The molecule has 0 bridgehead atoms. The van der Waals surface area contributed by atoms with Gasteiger partial charge in [-0.1, -0.05) is 27.7 Å². The lowest BCUT2D eigenvalue weighted by Crippen LogP contribution is -2.35.